The topological polar surface area (TPSA) is 67.7 Å². The Morgan fingerprint density at radius 3 is 2.71 bits per heavy atom. The molecule has 0 amide bonds. The molecule has 8 heteroatoms. The van der Waals surface area contributed by atoms with Crippen LogP contribution < -0.4 is 10.5 Å². The Kier molecular flexibility index (Phi) is 6.70. The number of carbonyl (C=O) groups excluding carboxylic acids is 1. The molecule has 1 fully saturated rings. The molecule has 0 spiro atoms. The fraction of sp³-hybridized carbons (Fsp3) is 0.450. The number of aromatic nitrogens is 2. The summed E-state index contributed by atoms with van der Waals surface area (Å²) >= 11 is 6.45. The van der Waals surface area contributed by atoms with Crippen molar-refractivity contribution in [2.24, 2.45) is 0 Å². The molecule has 0 atom stereocenters. The van der Waals surface area contributed by atoms with Crippen LogP contribution >= 0.6 is 11.6 Å². The first-order valence-corrected chi connectivity index (χ1v) is 9.87. The Labute approximate surface area is 169 Å². The van der Waals surface area contributed by atoms with E-state index in [0.717, 1.165) is 50.2 Å². The molecule has 3 rings (SSSR count). The molecular weight excluding hydrogens is 380 g/mol. The minimum atomic E-state index is -0.534. The number of methoxy groups -OCH3 is 1. The molecule has 0 N–H and O–H groups in total. The SMILES string of the molecule is CCCN1CCCN(c2cnn(-c3ccccc3C(=O)OC)c(=O)c2Cl)CC1. The third-order valence-electron chi connectivity index (χ3n) is 4.91. The monoisotopic (exact) mass is 404 g/mol. The maximum atomic E-state index is 12.9. The lowest BCUT2D eigenvalue weighted by molar-refractivity contribution is 0.0600. The van der Waals surface area contributed by atoms with Gasteiger partial charge >= 0.3 is 5.97 Å². The summed E-state index contributed by atoms with van der Waals surface area (Å²) in [7, 11) is 1.30. The van der Waals surface area contributed by atoms with Crippen molar-refractivity contribution in [2.45, 2.75) is 19.8 Å². The first-order chi connectivity index (χ1) is 13.6. The second-order valence-electron chi connectivity index (χ2n) is 6.75. The Morgan fingerprint density at radius 2 is 1.96 bits per heavy atom. The van der Waals surface area contributed by atoms with Gasteiger partial charge in [-0.05, 0) is 38.1 Å². The van der Waals surface area contributed by atoms with Gasteiger partial charge in [-0.15, -0.1) is 0 Å². The average Bonchev–Trinajstić information content (AvgIpc) is 2.95. The van der Waals surface area contributed by atoms with Gasteiger partial charge in [0.2, 0.25) is 0 Å². The number of hydrogen-bond acceptors (Lipinski definition) is 6. The van der Waals surface area contributed by atoms with Crippen LogP contribution in [0.25, 0.3) is 5.69 Å². The molecule has 28 heavy (non-hydrogen) atoms. The molecule has 2 heterocycles. The summed E-state index contributed by atoms with van der Waals surface area (Å²) in [4.78, 5) is 29.5. The van der Waals surface area contributed by atoms with Crippen molar-refractivity contribution in [1.29, 1.82) is 0 Å². The molecule has 7 nitrogen and oxygen atoms in total. The molecule has 1 aromatic heterocycles. The lowest BCUT2D eigenvalue weighted by Crippen LogP contribution is -2.33. The first-order valence-electron chi connectivity index (χ1n) is 9.49. The Hall–Kier alpha value is -2.38. The highest BCUT2D eigenvalue weighted by Crippen LogP contribution is 2.24. The quantitative estimate of drug-likeness (QED) is 0.713. The fourth-order valence-electron chi connectivity index (χ4n) is 3.51. The van der Waals surface area contributed by atoms with Crippen LogP contribution in [-0.2, 0) is 4.74 Å². The molecule has 1 aliphatic rings. The zero-order chi connectivity index (χ0) is 20.1. The van der Waals surface area contributed by atoms with Gasteiger partial charge in [0, 0.05) is 19.6 Å². The van der Waals surface area contributed by atoms with E-state index >= 15 is 0 Å². The Morgan fingerprint density at radius 1 is 1.18 bits per heavy atom. The summed E-state index contributed by atoms with van der Waals surface area (Å²) in [5, 5.41) is 4.41. The number of nitrogens with zero attached hydrogens (tertiary/aromatic N) is 4. The minimum absolute atomic E-state index is 0.110. The molecule has 0 radical (unpaired) electrons. The summed E-state index contributed by atoms with van der Waals surface area (Å²) in [6.45, 7) is 6.84. The highest BCUT2D eigenvalue weighted by molar-refractivity contribution is 6.33. The van der Waals surface area contributed by atoms with Crippen molar-refractivity contribution in [3.05, 3.63) is 51.4 Å². The van der Waals surface area contributed by atoms with E-state index < -0.39 is 11.5 Å². The van der Waals surface area contributed by atoms with Crippen molar-refractivity contribution in [2.75, 3.05) is 44.7 Å². The van der Waals surface area contributed by atoms with Crippen LogP contribution in [0.1, 0.15) is 30.1 Å². The maximum Gasteiger partial charge on any atom is 0.340 e. The summed E-state index contributed by atoms with van der Waals surface area (Å²) in [5.74, 6) is -0.534. The largest absolute Gasteiger partial charge is 0.465 e. The van der Waals surface area contributed by atoms with Gasteiger partial charge in [-0.3, -0.25) is 4.79 Å². The van der Waals surface area contributed by atoms with Gasteiger partial charge in [0.05, 0.1) is 30.2 Å². The third kappa shape index (κ3) is 4.20. The number of rotatable bonds is 5. The number of esters is 1. The van der Waals surface area contributed by atoms with Crippen LogP contribution in [-0.4, -0.2) is 60.5 Å². The number of para-hydroxylation sites is 1. The molecule has 0 bridgehead atoms. The van der Waals surface area contributed by atoms with Crippen LogP contribution in [0.3, 0.4) is 0 Å². The summed E-state index contributed by atoms with van der Waals surface area (Å²) in [5.41, 5.74) is 0.785. The van der Waals surface area contributed by atoms with Crippen LogP contribution in [0.2, 0.25) is 5.02 Å². The zero-order valence-electron chi connectivity index (χ0n) is 16.2. The van der Waals surface area contributed by atoms with Gasteiger partial charge in [-0.25, -0.2) is 4.79 Å². The van der Waals surface area contributed by atoms with E-state index in [-0.39, 0.29) is 10.6 Å². The van der Waals surface area contributed by atoms with Crippen molar-refractivity contribution < 1.29 is 9.53 Å². The van der Waals surface area contributed by atoms with E-state index in [2.05, 4.69) is 21.8 Å². The molecule has 1 aromatic carbocycles. The molecule has 0 aliphatic carbocycles. The van der Waals surface area contributed by atoms with E-state index in [1.807, 2.05) is 0 Å². The maximum absolute atomic E-state index is 12.9. The van der Waals surface area contributed by atoms with Gasteiger partial charge in [-0.2, -0.15) is 9.78 Å². The highest BCUT2D eigenvalue weighted by atomic mass is 35.5. The fourth-order valence-corrected chi connectivity index (χ4v) is 3.76. The highest BCUT2D eigenvalue weighted by Gasteiger charge is 2.21. The van der Waals surface area contributed by atoms with E-state index in [1.54, 1.807) is 30.5 Å². The smallest absolute Gasteiger partial charge is 0.340 e. The molecule has 0 saturated carbocycles. The Balaban J connectivity index is 1.93. The van der Waals surface area contributed by atoms with Crippen LogP contribution in [0.15, 0.2) is 35.3 Å². The van der Waals surface area contributed by atoms with E-state index in [9.17, 15) is 9.59 Å². The van der Waals surface area contributed by atoms with Gasteiger partial charge < -0.3 is 14.5 Å². The molecule has 0 unspecified atom stereocenters. The second kappa shape index (κ2) is 9.21. The standard InChI is InChI=1S/C20H25ClN4O3/c1-3-9-23-10-6-11-24(13-12-23)17-14-22-25(19(26)18(17)21)16-8-5-4-7-15(16)20(27)28-2/h4-5,7-8,14H,3,6,9-13H2,1-2H3. The Bertz CT molecular complexity index is 899. The lowest BCUT2D eigenvalue weighted by Gasteiger charge is -2.24. The lowest BCUT2D eigenvalue weighted by atomic mass is 10.2. The predicted octanol–water partition coefficient (Wildman–Crippen LogP) is 2.59. The molecule has 1 saturated heterocycles. The minimum Gasteiger partial charge on any atom is -0.465 e. The number of ether oxygens (including phenoxy) is 1. The van der Waals surface area contributed by atoms with Crippen LogP contribution in [0, 0.1) is 0 Å². The average molecular weight is 405 g/mol. The van der Waals surface area contributed by atoms with Gasteiger partial charge in [0.25, 0.3) is 5.56 Å². The summed E-state index contributed by atoms with van der Waals surface area (Å²) in [6, 6.07) is 6.67. The number of benzene rings is 1. The van der Waals surface area contributed by atoms with E-state index in [4.69, 9.17) is 16.3 Å². The van der Waals surface area contributed by atoms with Crippen molar-refractivity contribution >= 4 is 23.3 Å². The number of halogens is 1. The van der Waals surface area contributed by atoms with Crippen molar-refractivity contribution in [1.82, 2.24) is 14.7 Å². The van der Waals surface area contributed by atoms with Crippen molar-refractivity contribution in [3.8, 4) is 5.69 Å². The molecule has 2 aromatic rings. The first kappa shape index (κ1) is 20.4. The number of anilines is 1. The molecule has 150 valence electrons. The molecule has 1 aliphatic heterocycles. The third-order valence-corrected chi connectivity index (χ3v) is 5.26. The summed E-state index contributed by atoms with van der Waals surface area (Å²) < 4.78 is 5.96. The second-order valence-corrected chi connectivity index (χ2v) is 7.13. The normalized spacial score (nSPS) is 15.3. The number of hydrogen-bond donors (Lipinski definition) is 0. The summed E-state index contributed by atoms with van der Waals surface area (Å²) in [6.07, 6.45) is 3.73. The predicted molar refractivity (Wildman–Crippen MR) is 110 cm³/mol. The van der Waals surface area contributed by atoms with E-state index in [0.29, 0.717) is 11.4 Å². The van der Waals surface area contributed by atoms with Crippen molar-refractivity contribution in [3.63, 3.8) is 0 Å². The van der Waals surface area contributed by atoms with Gasteiger partial charge in [0.1, 0.15) is 5.02 Å². The van der Waals surface area contributed by atoms with Crippen LogP contribution in [0.4, 0.5) is 5.69 Å². The van der Waals surface area contributed by atoms with E-state index in [1.165, 1.54) is 7.11 Å². The van der Waals surface area contributed by atoms with Gasteiger partial charge in [0.15, 0.2) is 0 Å². The van der Waals surface area contributed by atoms with Crippen LogP contribution in [0.5, 0.6) is 0 Å². The van der Waals surface area contributed by atoms with Gasteiger partial charge in [-0.1, -0.05) is 30.7 Å². The molecular formula is C20H25ClN4O3. The number of carbonyl (C=O) groups is 1. The zero-order valence-corrected chi connectivity index (χ0v) is 17.0.